The lowest BCUT2D eigenvalue weighted by molar-refractivity contribution is -0.00000481. The van der Waals surface area contributed by atoms with Crippen LogP contribution in [0.3, 0.4) is 0 Å². The summed E-state index contributed by atoms with van der Waals surface area (Å²) in [7, 11) is 0. The molecular formula is C20H13Cl3N3-. The van der Waals surface area contributed by atoms with Gasteiger partial charge < -0.3 is 17.7 Å². The molecule has 3 aromatic carbocycles. The number of aromatic nitrogens is 2. The highest BCUT2D eigenvalue weighted by Gasteiger charge is 2.09. The number of hydrogen-bond acceptors (Lipinski definition) is 3. The lowest BCUT2D eigenvalue weighted by Crippen LogP contribution is -3.00. The topological polar surface area (TPSA) is 37.8 Å². The van der Waals surface area contributed by atoms with E-state index >= 15 is 0 Å². The summed E-state index contributed by atoms with van der Waals surface area (Å²) in [5, 5.41) is 5.69. The summed E-state index contributed by atoms with van der Waals surface area (Å²) in [6, 6.07) is 22.9. The van der Waals surface area contributed by atoms with Gasteiger partial charge in [0.2, 0.25) is 0 Å². The minimum Gasteiger partial charge on any atom is -1.00 e. The number of halogens is 3. The van der Waals surface area contributed by atoms with E-state index in [0.717, 1.165) is 28.0 Å². The van der Waals surface area contributed by atoms with Crippen molar-refractivity contribution < 1.29 is 12.4 Å². The van der Waals surface area contributed by atoms with Gasteiger partial charge in [-0.2, -0.15) is 0 Å². The number of rotatable bonds is 3. The largest absolute Gasteiger partial charge is 1.00 e. The molecule has 4 aromatic rings. The highest BCUT2D eigenvalue weighted by molar-refractivity contribution is 6.30. The number of hydrogen-bond donors (Lipinski definition) is 1. The molecule has 0 atom stereocenters. The van der Waals surface area contributed by atoms with E-state index in [-0.39, 0.29) is 12.4 Å². The van der Waals surface area contributed by atoms with Crippen molar-refractivity contribution in [1.29, 1.82) is 0 Å². The molecule has 0 saturated heterocycles. The highest BCUT2D eigenvalue weighted by atomic mass is 35.5. The molecule has 4 rings (SSSR count). The summed E-state index contributed by atoms with van der Waals surface area (Å²) in [6.07, 6.45) is 0. The summed E-state index contributed by atoms with van der Waals surface area (Å²) in [5.41, 5.74) is 2.70. The normalized spacial score (nSPS) is 10.4. The van der Waals surface area contributed by atoms with Crippen molar-refractivity contribution in [3.63, 3.8) is 0 Å². The second-order valence-corrected chi connectivity index (χ2v) is 6.42. The monoisotopic (exact) mass is 400 g/mol. The maximum Gasteiger partial charge on any atom is 0.162 e. The van der Waals surface area contributed by atoms with Crippen LogP contribution in [-0.4, -0.2) is 9.97 Å². The van der Waals surface area contributed by atoms with Gasteiger partial charge in [0.05, 0.1) is 5.52 Å². The van der Waals surface area contributed by atoms with Gasteiger partial charge in [-0.3, -0.25) is 0 Å². The molecule has 1 heterocycles. The van der Waals surface area contributed by atoms with Gasteiger partial charge in [0.1, 0.15) is 5.82 Å². The number of fused-ring (bicyclic) bond motifs is 1. The van der Waals surface area contributed by atoms with E-state index in [0.29, 0.717) is 15.9 Å². The summed E-state index contributed by atoms with van der Waals surface area (Å²) in [4.78, 5) is 9.40. The Morgan fingerprint density at radius 2 is 1.31 bits per heavy atom. The third-order valence-corrected chi connectivity index (χ3v) is 4.32. The first-order valence-electron chi connectivity index (χ1n) is 7.74. The molecule has 0 radical (unpaired) electrons. The van der Waals surface area contributed by atoms with Crippen LogP contribution in [0.4, 0.5) is 11.5 Å². The molecule has 1 aromatic heterocycles. The van der Waals surface area contributed by atoms with Crippen molar-refractivity contribution in [2.24, 2.45) is 0 Å². The Hall–Kier alpha value is -2.33. The van der Waals surface area contributed by atoms with Gasteiger partial charge in [0, 0.05) is 26.7 Å². The van der Waals surface area contributed by atoms with Crippen LogP contribution in [0.5, 0.6) is 0 Å². The maximum absolute atomic E-state index is 5.98. The Labute approximate surface area is 167 Å². The molecule has 0 saturated carbocycles. The Morgan fingerprint density at radius 1 is 0.692 bits per heavy atom. The second kappa shape index (κ2) is 7.92. The van der Waals surface area contributed by atoms with E-state index in [4.69, 9.17) is 28.2 Å². The molecule has 26 heavy (non-hydrogen) atoms. The molecular weight excluding hydrogens is 389 g/mol. The number of para-hydroxylation sites is 1. The van der Waals surface area contributed by atoms with Crippen LogP contribution < -0.4 is 17.7 Å². The minimum atomic E-state index is 0. The van der Waals surface area contributed by atoms with E-state index in [2.05, 4.69) is 10.3 Å². The zero-order valence-electron chi connectivity index (χ0n) is 13.5. The number of anilines is 2. The third kappa shape index (κ3) is 3.91. The van der Waals surface area contributed by atoms with Crippen molar-refractivity contribution >= 4 is 45.6 Å². The number of nitrogens with one attached hydrogen (secondary N) is 1. The van der Waals surface area contributed by atoms with E-state index in [9.17, 15) is 0 Å². The Kier molecular flexibility index (Phi) is 5.62. The van der Waals surface area contributed by atoms with Crippen LogP contribution in [0, 0.1) is 0 Å². The van der Waals surface area contributed by atoms with Crippen molar-refractivity contribution in [2.75, 3.05) is 5.32 Å². The summed E-state index contributed by atoms with van der Waals surface area (Å²) < 4.78 is 0. The second-order valence-electron chi connectivity index (χ2n) is 5.55. The van der Waals surface area contributed by atoms with E-state index in [1.165, 1.54) is 0 Å². The molecule has 0 fully saturated rings. The lowest BCUT2D eigenvalue weighted by Gasteiger charge is -2.11. The molecule has 0 aliphatic carbocycles. The Balaban J connectivity index is 0.00000196. The van der Waals surface area contributed by atoms with Gasteiger partial charge in [-0.1, -0.05) is 35.3 Å². The highest BCUT2D eigenvalue weighted by Crippen LogP contribution is 2.28. The maximum atomic E-state index is 5.98. The van der Waals surface area contributed by atoms with Crippen LogP contribution in [0.2, 0.25) is 10.0 Å². The van der Waals surface area contributed by atoms with Crippen LogP contribution in [-0.2, 0) is 0 Å². The predicted molar refractivity (Wildman–Crippen MR) is 105 cm³/mol. The first-order chi connectivity index (χ1) is 12.2. The van der Waals surface area contributed by atoms with Crippen molar-refractivity contribution in [1.82, 2.24) is 9.97 Å². The third-order valence-electron chi connectivity index (χ3n) is 3.81. The fraction of sp³-hybridized carbons (Fsp3) is 0. The Morgan fingerprint density at radius 3 is 2.00 bits per heavy atom. The van der Waals surface area contributed by atoms with Crippen LogP contribution >= 0.6 is 23.2 Å². The molecule has 1 N–H and O–H groups in total. The summed E-state index contributed by atoms with van der Waals surface area (Å²) in [6.45, 7) is 0. The van der Waals surface area contributed by atoms with Gasteiger partial charge in [-0.25, -0.2) is 9.97 Å². The zero-order valence-corrected chi connectivity index (χ0v) is 15.7. The van der Waals surface area contributed by atoms with Gasteiger partial charge in [0.25, 0.3) is 0 Å². The van der Waals surface area contributed by atoms with Crippen LogP contribution in [0.25, 0.3) is 22.3 Å². The molecule has 6 heteroatoms. The average Bonchev–Trinajstić information content (AvgIpc) is 2.64. The first kappa shape index (κ1) is 18.5. The van der Waals surface area contributed by atoms with Crippen molar-refractivity contribution in [3.05, 3.63) is 82.8 Å². The molecule has 130 valence electrons. The quantitative estimate of drug-likeness (QED) is 0.572. The minimum absolute atomic E-state index is 0. The van der Waals surface area contributed by atoms with Crippen molar-refractivity contribution in [3.8, 4) is 11.4 Å². The smallest absolute Gasteiger partial charge is 0.162 e. The SMILES string of the molecule is Clc1ccc(Nc2nc(-c3ccc(Cl)cc3)nc3ccccc23)cc1.[Cl-]. The molecule has 0 aliphatic heterocycles. The number of nitrogens with zero attached hydrogens (tertiary/aromatic N) is 2. The van der Waals surface area contributed by atoms with Crippen LogP contribution in [0.1, 0.15) is 0 Å². The van der Waals surface area contributed by atoms with Crippen molar-refractivity contribution in [2.45, 2.75) is 0 Å². The average molecular weight is 402 g/mol. The molecule has 3 nitrogen and oxygen atoms in total. The zero-order chi connectivity index (χ0) is 17.2. The molecule has 0 unspecified atom stereocenters. The van der Waals surface area contributed by atoms with Gasteiger partial charge in [-0.15, -0.1) is 0 Å². The molecule has 0 spiro atoms. The fourth-order valence-electron chi connectivity index (χ4n) is 2.57. The standard InChI is InChI=1S/C20H13Cl2N3.ClH/c21-14-7-5-13(6-8-14)19-24-18-4-2-1-3-17(18)20(25-19)23-16-11-9-15(22)10-12-16;/h1-12H,(H,23,24,25);1H/p-1. The van der Waals surface area contributed by atoms with E-state index in [1.54, 1.807) is 0 Å². The van der Waals surface area contributed by atoms with E-state index < -0.39 is 0 Å². The fourth-order valence-corrected chi connectivity index (χ4v) is 2.82. The van der Waals surface area contributed by atoms with Crippen LogP contribution in [0.15, 0.2) is 72.8 Å². The number of benzene rings is 3. The first-order valence-corrected chi connectivity index (χ1v) is 8.50. The van der Waals surface area contributed by atoms with Gasteiger partial charge in [-0.05, 0) is 60.7 Å². The van der Waals surface area contributed by atoms with Gasteiger partial charge in [0.15, 0.2) is 5.82 Å². The molecule has 0 bridgehead atoms. The molecule has 0 amide bonds. The lowest BCUT2D eigenvalue weighted by atomic mass is 10.2. The molecule has 0 aliphatic rings. The summed E-state index contributed by atoms with van der Waals surface area (Å²) >= 11 is 11.9. The van der Waals surface area contributed by atoms with Gasteiger partial charge >= 0.3 is 0 Å². The Bertz CT molecular complexity index is 1030. The predicted octanol–water partition coefficient (Wildman–Crippen LogP) is 3.35. The van der Waals surface area contributed by atoms with E-state index in [1.807, 2.05) is 72.8 Å². The summed E-state index contributed by atoms with van der Waals surface area (Å²) in [5.74, 6) is 1.39.